The maximum atomic E-state index is 13.2. The molecule has 0 unspecified atom stereocenters. The Balaban J connectivity index is 1.28. The summed E-state index contributed by atoms with van der Waals surface area (Å²) in [5, 5.41) is 0. The van der Waals surface area contributed by atoms with Gasteiger partial charge in [0.25, 0.3) is 5.91 Å². The second-order valence-corrected chi connectivity index (χ2v) is 10.6. The number of benzene rings is 2. The van der Waals surface area contributed by atoms with E-state index in [2.05, 4.69) is 0 Å². The van der Waals surface area contributed by atoms with Crippen LogP contribution in [0, 0.1) is 0 Å². The molecule has 2 aromatic rings. The van der Waals surface area contributed by atoms with Crippen LogP contribution in [0.3, 0.4) is 0 Å². The minimum Gasteiger partial charge on any atom is -0.485 e. The summed E-state index contributed by atoms with van der Waals surface area (Å²) in [7, 11) is -3.67. The SMILES string of the molecule is O=C([C@@H]1COc2cc(S(=O)(=O)N3CC=C(c4ccccc4)CC3)ccc2O1)N1CCCCC1. The highest BCUT2D eigenvalue weighted by molar-refractivity contribution is 7.89. The molecule has 0 bridgehead atoms. The van der Waals surface area contributed by atoms with Gasteiger partial charge in [-0.15, -0.1) is 0 Å². The molecule has 3 aliphatic heterocycles. The molecule has 8 heteroatoms. The van der Waals surface area contributed by atoms with E-state index in [1.54, 1.807) is 6.07 Å². The smallest absolute Gasteiger partial charge is 0.267 e. The molecule has 0 spiro atoms. The fourth-order valence-electron chi connectivity index (χ4n) is 4.58. The van der Waals surface area contributed by atoms with E-state index >= 15 is 0 Å². The number of carbonyl (C=O) groups is 1. The number of ether oxygens (including phenoxy) is 2. The molecular weight excluding hydrogens is 440 g/mol. The van der Waals surface area contributed by atoms with Crippen molar-refractivity contribution < 1.29 is 22.7 Å². The van der Waals surface area contributed by atoms with E-state index in [1.165, 1.54) is 16.4 Å². The number of hydrogen-bond donors (Lipinski definition) is 0. The minimum absolute atomic E-state index is 0.0635. The van der Waals surface area contributed by atoms with Crippen molar-refractivity contribution >= 4 is 21.5 Å². The van der Waals surface area contributed by atoms with Crippen LogP contribution in [0.2, 0.25) is 0 Å². The molecule has 2 aromatic carbocycles. The van der Waals surface area contributed by atoms with Gasteiger partial charge in [-0.05, 0) is 49.0 Å². The van der Waals surface area contributed by atoms with Gasteiger partial charge in [-0.1, -0.05) is 36.4 Å². The minimum atomic E-state index is -3.67. The fraction of sp³-hybridized carbons (Fsp3) is 0.400. The molecule has 0 aromatic heterocycles. The molecule has 5 rings (SSSR count). The van der Waals surface area contributed by atoms with E-state index in [0.29, 0.717) is 31.0 Å². The first-order chi connectivity index (χ1) is 16.0. The van der Waals surface area contributed by atoms with Gasteiger partial charge in [0.2, 0.25) is 16.1 Å². The van der Waals surface area contributed by atoms with E-state index in [-0.39, 0.29) is 17.4 Å². The van der Waals surface area contributed by atoms with Crippen molar-refractivity contribution in [3.8, 4) is 11.5 Å². The summed E-state index contributed by atoms with van der Waals surface area (Å²) in [5.41, 5.74) is 2.29. The van der Waals surface area contributed by atoms with Crippen molar-refractivity contribution in [1.82, 2.24) is 9.21 Å². The van der Waals surface area contributed by atoms with Gasteiger partial charge in [0.15, 0.2) is 11.5 Å². The molecule has 0 aliphatic carbocycles. The number of sulfonamides is 1. The monoisotopic (exact) mass is 468 g/mol. The predicted molar refractivity (Wildman–Crippen MR) is 125 cm³/mol. The first-order valence-corrected chi connectivity index (χ1v) is 12.9. The van der Waals surface area contributed by atoms with Crippen molar-refractivity contribution in [2.75, 3.05) is 32.8 Å². The van der Waals surface area contributed by atoms with Crippen LogP contribution in [0.25, 0.3) is 5.57 Å². The first-order valence-electron chi connectivity index (χ1n) is 11.5. The lowest BCUT2D eigenvalue weighted by molar-refractivity contribution is -0.142. The van der Waals surface area contributed by atoms with Gasteiger partial charge in [0, 0.05) is 32.2 Å². The van der Waals surface area contributed by atoms with Crippen molar-refractivity contribution in [3.63, 3.8) is 0 Å². The summed E-state index contributed by atoms with van der Waals surface area (Å²) in [4.78, 5) is 14.7. The number of carbonyl (C=O) groups excluding carboxylic acids is 1. The van der Waals surface area contributed by atoms with Gasteiger partial charge in [-0.3, -0.25) is 4.79 Å². The van der Waals surface area contributed by atoms with Crippen LogP contribution < -0.4 is 9.47 Å². The molecule has 1 atom stereocenters. The highest BCUT2D eigenvalue weighted by Crippen LogP contribution is 2.36. The molecule has 1 fully saturated rings. The van der Waals surface area contributed by atoms with E-state index in [4.69, 9.17) is 9.47 Å². The van der Waals surface area contributed by atoms with Gasteiger partial charge >= 0.3 is 0 Å². The van der Waals surface area contributed by atoms with Crippen LogP contribution in [0.1, 0.15) is 31.2 Å². The number of amides is 1. The average molecular weight is 469 g/mol. The van der Waals surface area contributed by atoms with Crippen LogP contribution in [0.15, 0.2) is 59.5 Å². The molecular formula is C25H28N2O5S. The Hall–Kier alpha value is -2.84. The number of fused-ring (bicyclic) bond motifs is 1. The Morgan fingerprint density at radius 2 is 1.73 bits per heavy atom. The summed E-state index contributed by atoms with van der Waals surface area (Å²) >= 11 is 0. The van der Waals surface area contributed by atoms with E-state index in [1.807, 2.05) is 41.3 Å². The lowest BCUT2D eigenvalue weighted by atomic mass is 10.0. The number of hydrogen-bond acceptors (Lipinski definition) is 5. The first kappa shape index (κ1) is 22.0. The number of likely N-dealkylation sites (tertiary alicyclic amines) is 1. The molecule has 1 amide bonds. The van der Waals surface area contributed by atoms with Crippen LogP contribution in [0.4, 0.5) is 0 Å². The van der Waals surface area contributed by atoms with E-state index in [9.17, 15) is 13.2 Å². The molecule has 0 N–H and O–H groups in total. The quantitative estimate of drug-likeness (QED) is 0.688. The highest BCUT2D eigenvalue weighted by atomic mass is 32.2. The summed E-state index contributed by atoms with van der Waals surface area (Å²) in [5.74, 6) is 0.697. The Labute approximate surface area is 194 Å². The highest BCUT2D eigenvalue weighted by Gasteiger charge is 2.33. The lowest BCUT2D eigenvalue weighted by Crippen LogP contribution is -2.48. The van der Waals surface area contributed by atoms with Crippen molar-refractivity contribution in [2.45, 2.75) is 36.7 Å². The molecule has 7 nitrogen and oxygen atoms in total. The molecule has 3 aliphatic rings. The van der Waals surface area contributed by atoms with E-state index < -0.39 is 16.1 Å². The zero-order chi connectivity index (χ0) is 22.8. The zero-order valence-corrected chi connectivity index (χ0v) is 19.3. The summed E-state index contributed by atoms with van der Waals surface area (Å²) in [6.45, 7) is 2.33. The standard InChI is InChI=1S/C25H28N2O5S/c28-25(26-13-5-2-6-14-26)24-18-31-23-17-21(9-10-22(23)32-24)33(29,30)27-15-11-20(12-16-27)19-7-3-1-4-8-19/h1,3-4,7-11,17,24H,2,5-6,12-16,18H2/t24-/m0/s1. The maximum Gasteiger partial charge on any atom is 0.267 e. The molecule has 0 radical (unpaired) electrons. The van der Waals surface area contributed by atoms with Gasteiger partial charge in [0.05, 0.1) is 4.90 Å². The third-order valence-electron chi connectivity index (χ3n) is 6.47. The third kappa shape index (κ3) is 4.50. The van der Waals surface area contributed by atoms with E-state index in [0.717, 1.165) is 43.5 Å². The Morgan fingerprint density at radius 3 is 2.45 bits per heavy atom. The molecule has 174 valence electrons. The lowest BCUT2D eigenvalue weighted by Gasteiger charge is -2.33. The Morgan fingerprint density at radius 1 is 0.939 bits per heavy atom. The largest absolute Gasteiger partial charge is 0.485 e. The summed E-state index contributed by atoms with van der Waals surface area (Å²) < 4.78 is 39.6. The average Bonchev–Trinajstić information content (AvgIpc) is 2.88. The number of nitrogens with zero attached hydrogens (tertiary/aromatic N) is 2. The maximum absolute atomic E-state index is 13.2. The zero-order valence-electron chi connectivity index (χ0n) is 18.5. The van der Waals surface area contributed by atoms with Crippen molar-refractivity contribution in [2.24, 2.45) is 0 Å². The van der Waals surface area contributed by atoms with Crippen molar-refractivity contribution in [3.05, 3.63) is 60.2 Å². The topological polar surface area (TPSA) is 76.2 Å². The predicted octanol–water partition coefficient (Wildman–Crippen LogP) is 3.32. The van der Waals surface area contributed by atoms with Crippen LogP contribution in [-0.2, 0) is 14.8 Å². The normalized spacial score (nSPS) is 21.4. The van der Waals surface area contributed by atoms with Crippen LogP contribution in [0.5, 0.6) is 11.5 Å². The third-order valence-corrected chi connectivity index (χ3v) is 8.33. The summed E-state index contributed by atoms with van der Waals surface area (Å²) in [6.07, 6.45) is 5.11. The second kappa shape index (κ2) is 9.19. The molecule has 33 heavy (non-hydrogen) atoms. The van der Waals surface area contributed by atoms with Crippen LogP contribution in [-0.4, -0.2) is 62.4 Å². The fourth-order valence-corrected chi connectivity index (χ4v) is 5.98. The van der Waals surface area contributed by atoms with Crippen LogP contribution >= 0.6 is 0 Å². The van der Waals surface area contributed by atoms with Gasteiger partial charge < -0.3 is 14.4 Å². The van der Waals surface area contributed by atoms with Gasteiger partial charge in [-0.2, -0.15) is 4.31 Å². The van der Waals surface area contributed by atoms with Gasteiger partial charge in [0.1, 0.15) is 6.61 Å². The summed E-state index contributed by atoms with van der Waals surface area (Å²) in [6, 6.07) is 14.6. The van der Waals surface area contributed by atoms with Gasteiger partial charge in [-0.25, -0.2) is 8.42 Å². The Kier molecular flexibility index (Phi) is 6.12. The Bertz CT molecular complexity index is 1160. The number of rotatable bonds is 4. The molecule has 1 saturated heterocycles. The number of piperidine rings is 1. The molecule has 3 heterocycles. The second-order valence-electron chi connectivity index (χ2n) is 8.62. The van der Waals surface area contributed by atoms with Crippen molar-refractivity contribution in [1.29, 1.82) is 0 Å². The molecule has 0 saturated carbocycles.